The topological polar surface area (TPSA) is 43.7 Å². The lowest BCUT2D eigenvalue weighted by atomic mass is 9.72. The Bertz CT molecular complexity index is 667. The summed E-state index contributed by atoms with van der Waals surface area (Å²) in [5.41, 5.74) is -2.11. The summed E-state index contributed by atoms with van der Waals surface area (Å²) >= 11 is 0. The van der Waals surface area contributed by atoms with Gasteiger partial charge in [0.1, 0.15) is 5.75 Å². The van der Waals surface area contributed by atoms with E-state index in [1.54, 1.807) is 0 Å². The van der Waals surface area contributed by atoms with Crippen LogP contribution in [0.5, 0.6) is 5.75 Å². The van der Waals surface area contributed by atoms with Gasteiger partial charge in [-0.15, -0.1) is 0 Å². The molecule has 1 saturated carbocycles. The first-order chi connectivity index (χ1) is 12.6. The maximum absolute atomic E-state index is 11.3. The van der Waals surface area contributed by atoms with Crippen LogP contribution in [0.2, 0.25) is 0 Å². The van der Waals surface area contributed by atoms with Crippen molar-refractivity contribution in [2.24, 2.45) is 0 Å². The second-order valence-electron chi connectivity index (χ2n) is 4.96. The number of phenols is 1. The molecule has 3 heteroatoms. The van der Waals surface area contributed by atoms with Crippen LogP contribution in [-0.4, -0.2) is 41.2 Å². The van der Waals surface area contributed by atoms with E-state index in [9.17, 15) is 10.2 Å². The van der Waals surface area contributed by atoms with E-state index in [4.69, 9.17) is 12.3 Å². The van der Waals surface area contributed by atoms with Crippen molar-refractivity contribution < 1.29 is 22.5 Å². The summed E-state index contributed by atoms with van der Waals surface area (Å²) in [6, 6.07) is 4.81. The Labute approximate surface area is 128 Å². The molecule has 106 valence electrons. The SMILES string of the molecule is [2H]C([2H])([2H])N(C([2H])([2H])[2H])C([2H])([2H])C([2H])(c1ccc(O)cc1)C1(O)CCCCC1. The molecule has 1 aliphatic carbocycles. The molecule has 0 aromatic heterocycles. The number of phenolic OH excluding ortho intramolecular Hbond substituents is 1. The summed E-state index contributed by atoms with van der Waals surface area (Å²) in [5, 5.41) is 20.9. The highest BCUT2D eigenvalue weighted by molar-refractivity contribution is 5.30. The number of nitrogens with zero attached hydrogens (tertiary/aromatic N) is 1. The second kappa shape index (κ2) is 5.93. The molecular formula is C16H25NO2. The summed E-state index contributed by atoms with van der Waals surface area (Å²) < 4.78 is 71.8. The van der Waals surface area contributed by atoms with Crippen LogP contribution in [0.1, 0.15) is 55.9 Å². The fourth-order valence-corrected chi connectivity index (χ4v) is 2.56. The van der Waals surface area contributed by atoms with Gasteiger partial charge in [0.05, 0.1) is 5.60 Å². The average molecular weight is 272 g/mol. The Kier molecular flexibility index (Phi) is 2.06. The molecule has 2 rings (SSSR count). The maximum atomic E-state index is 11.3. The van der Waals surface area contributed by atoms with Crippen molar-refractivity contribution in [3.63, 3.8) is 0 Å². The predicted molar refractivity (Wildman–Crippen MR) is 77.4 cm³/mol. The van der Waals surface area contributed by atoms with Crippen molar-refractivity contribution in [3.05, 3.63) is 29.8 Å². The number of benzene rings is 1. The molecule has 1 aromatic carbocycles. The predicted octanol–water partition coefficient (Wildman–Crippen LogP) is 2.73. The molecule has 1 aliphatic rings. The Hall–Kier alpha value is -1.06. The first-order valence-electron chi connectivity index (χ1n) is 10.9. The zero-order valence-electron chi connectivity index (χ0n) is 19.7. The molecule has 3 nitrogen and oxygen atoms in total. The summed E-state index contributed by atoms with van der Waals surface area (Å²) in [4.78, 5) is -0.278. The molecule has 0 radical (unpaired) electrons. The van der Waals surface area contributed by atoms with E-state index >= 15 is 0 Å². The zero-order valence-corrected chi connectivity index (χ0v) is 10.7. The van der Waals surface area contributed by atoms with E-state index in [-0.39, 0.29) is 29.1 Å². The van der Waals surface area contributed by atoms with Crippen LogP contribution in [0.25, 0.3) is 0 Å². The fourth-order valence-electron chi connectivity index (χ4n) is 2.56. The van der Waals surface area contributed by atoms with Crippen molar-refractivity contribution in [1.82, 2.24) is 4.90 Å². The number of likely N-dealkylation sites (N-methyl/N-ethyl adjacent to an activating group) is 1. The summed E-state index contributed by atoms with van der Waals surface area (Å²) in [5.74, 6) is -2.80. The lowest BCUT2D eigenvalue weighted by Gasteiger charge is -2.40. The van der Waals surface area contributed by atoms with E-state index in [1.165, 1.54) is 24.3 Å². The quantitative estimate of drug-likeness (QED) is 0.886. The van der Waals surface area contributed by atoms with Crippen LogP contribution in [0.15, 0.2) is 24.3 Å². The van der Waals surface area contributed by atoms with Crippen LogP contribution >= 0.6 is 0 Å². The number of rotatable bonds is 4. The molecule has 0 aliphatic heterocycles. The monoisotopic (exact) mass is 272 g/mol. The lowest BCUT2D eigenvalue weighted by Crippen LogP contribution is -2.42. The molecular weight excluding hydrogens is 238 g/mol. The van der Waals surface area contributed by atoms with Crippen LogP contribution in [0, 0.1) is 0 Å². The third-order valence-corrected chi connectivity index (χ3v) is 3.53. The number of hydrogen-bond donors (Lipinski definition) is 2. The van der Waals surface area contributed by atoms with Gasteiger partial charge in [0.15, 0.2) is 0 Å². The molecule has 1 unspecified atom stereocenters. The first-order valence-corrected chi connectivity index (χ1v) is 6.40. The van der Waals surface area contributed by atoms with Gasteiger partial charge in [0.25, 0.3) is 0 Å². The summed E-state index contributed by atoms with van der Waals surface area (Å²) in [7, 11) is 0. The molecule has 0 heterocycles. The Balaban J connectivity index is 2.78. The van der Waals surface area contributed by atoms with Gasteiger partial charge in [-0.3, -0.25) is 0 Å². The van der Waals surface area contributed by atoms with Gasteiger partial charge >= 0.3 is 0 Å². The van der Waals surface area contributed by atoms with Crippen LogP contribution in [0.3, 0.4) is 0 Å². The van der Waals surface area contributed by atoms with E-state index in [2.05, 4.69) is 0 Å². The third-order valence-electron chi connectivity index (χ3n) is 3.53. The van der Waals surface area contributed by atoms with Crippen LogP contribution in [-0.2, 0) is 0 Å². The molecule has 19 heavy (non-hydrogen) atoms. The van der Waals surface area contributed by atoms with E-state index in [0.717, 1.165) is 6.42 Å². The fraction of sp³-hybridized carbons (Fsp3) is 0.625. The lowest BCUT2D eigenvalue weighted by molar-refractivity contribution is -0.0277. The average Bonchev–Trinajstić information content (AvgIpc) is 2.52. The molecule has 0 saturated heterocycles. The molecule has 1 fully saturated rings. The molecule has 0 amide bonds. The third kappa shape index (κ3) is 3.48. The summed E-state index contributed by atoms with van der Waals surface area (Å²) in [6.45, 7) is -10.1. The Morgan fingerprint density at radius 1 is 1.32 bits per heavy atom. The van der Waals surface area contributed by atoms with Crippen molar-refractivity contribution in [2.45, 2.75) is 43.6 Å². The van der Waals surface area contributed by atoms with Gasteiger partial charge < -0.3 is 15.1 Å². The van der Waals surface area contributed by atoms with Gasteiger partial charge in [-0.25, -0.2) is 0 Å². The Morgan fingerprint density at radius 3 is 2.53 bits per heavy atom. The molecule has 0 bridgehead atoms. The van der Waals surface area contributed by atoms with Gasteiger partial charge in [0, 0.05) is 24.7 Å². The molecule has 1 aromatic rings. The smallest absolute Gasteiger partial charge is 0.115 e. The summed E-state index contributed by atoms with van der Waals surface area (Å²) in [6.07, 6.45) is 1.79. The van der Waals surface area contributed by atoms with Gasteiger partial charge in [-0.2, -0.15) is 0 Å². The molecule has 1 atom stereocenters. The highest BCUT2D eigenvalue weighted by Gasteiger charge is 2.38. The second-order valence-corrected chi connectivity index (χ2v) is 4.96. The highest BCUT2D eigenvalue weighted by Crippen LogP contribution is 2.40. The Morgan fingerprint density at radius 2 is 1.95 bits per heavy atom. The minimum absolute atomic E-state index is 0.0206. The van der Waals surface area contributed by atoms with Gasteiger partial charge in [-0.05, 0) is 44.5 Å². The zero-order chi connectivity index (χ0) is 21.6. The molecule has 0 spiro atoms. The van der Waals surface area contributed by atoms with Crippen LogP contribution < -0.4 is 0 Å². The minimum atomic E-state index is -3.39. The standard InChI is InChI=1S/C16H25NO2/c1-17(2)12-15(13-6-8-14(18)9-7-13)16(19)10-4-3-5-11-16/h6-9,15,18-19H,3-5,10-12H2,1-2H3/i1D3,2D3,12D2,15D. The molecule has 2 N–H and O–H groups in total. The van der Waals surface area contributed by atoms with E-state index < -0.39 is 31.9 Å². The van der Waals surface area contributed by atoms with Crippen molar-refractivity contribution in [1.29, 1.82) is 0 Å². The number of hydrogen-bond acceptors (Lipinski definition) is 3. The number of aromatic hydroxyl groups is 1. The van der Waals surface area contributed by atoms with Crippen LogP contribution in [0.4, 0.5) is 0 Å². The normalized spacial score (nSPS) is 31.2. The van der Waals surface area contributed by atoms with Gasteiger partial charge in [-0.1, -0.05) is 31.4 Å². The minimum Gasteiger partial charge on any atom is -0.508 e. The largest absolute Gasteiger partial charge is 0.508 e. The number of aliphatic hydroxyl groups is 1. The van der Waals surface area contributed by atoms with Crippen molar-refractivity contribution >= 4 is 0 Å². The maximum Gasteiger partial charge on any atom is 0.115 e. The van der Waals surface area contributed by atoms with E-state index in [1.807, 2.05) is 0 Å². The van der Waals surface area contributed by atoms with Crippen molar-refractivity contribution in [2.75, 3.05) is 20.4 Å². The first kappa shape index (κ1) is 6.59. The van der Waals surface area contributed by atoms with E-state index in [0.29, 0.717) is 12.8 Å². The highest BCUT2D eigenvalue weighted by atomic mass is 16.3. The van der Waals surface area contributed by atoms with Crippen molar-refractivity contribution in [3.8, 4) is 5.75 Å². The van der Waals surface area contributed by atoms with Gasteiger partial charge in [0.2, 0.25) is 0 Å².